The minimum atomic E-state index is -1.63. The minimum Gasteiger partial charge on any atom is -0.394 e. The first-order chi connectivity index (χ1) is 15.4. The molecule has 0 aromatic carbocycles. The van der Waals surface area contributed by atoms with Crippen LogP contribution >= 0.6 is 0 Å². The van der Waals surface area contributed by atoms with E-state index >= 15 is 0 Å². The second-order valence-corrected chi connectivity index (χ2v) is 7.62. The van der Waals surface area contributed by atoms with E-state index in [1.165, 1.54) is 13.8 Å². The third-order valence-electron chi connectivity index (χ3n) is 4.86. The van der Waals surface area contributed by atoms with Gasteiger partial charge in [0.05, 0.1) is 12.6 Å². The molecule has 4 amide bonds. The molecular weight excluding hydrogens is 444 g/mol. The van der Waals surface area contributed by atoms with Gasteiger partial charge in [-0.25, -0.2) is 0 Å². The summed E-state index contributed by atoms with van der Waals surface area (Å²) in [6, 6.07) is -3.45. The van der Waals surface area contributed by atoms with Crippen LogP contribution in [0.15, 0.2) is 0 Å². The fourth-order valence-electron chi connectivity index (χ4n) is 3.07. The molecule has 0 bridgehead atoms. The first-order valence-corrected chi connectivity index (χ1v) is 10.2. The van der Waals surface area contributed by atoms with Gasteiger partial charge in [0.1, 0.15) is 36.5 Å². The highest BCUT2D eigenvalue weighted by molar-refractivity contribution is 5.90. The number of aliphatic hydroxyl groups excluding tert-OH is 3. The van der Waals surface area contributed by atoms with Crippen LogP contribution in [0.3, 0.4) is 0 Å². The number of hydrogen-bond acceptors (Lipinski definition) is 10. The summed E-state index contributed by atoms with van der Waals surface area (Å²) in [7, 11) is 0. The predicted octanol–water partition coefficient (Wildman–Crippen LogP) is -4.30. The van der Waals surface area contributed by atoms with Crippen LogP contribution in [0.25, 0.3) is 0 Å². The normalized spacial score (nSPS) is 27.5. The van der Waals surface area contributed by atoms with Crippen LogP contribution in [-0.2, 0) is 33.4 Å². The Balaban J connectivity index is 2.77. The summed E-state index contributed by atoms with van der Waals surface area (Å²) in [5, 5.41) is 36.9. The molecule has 187 valence electrons. The molecule has 14 nitrogen and oxygen atoms in total. The summed E-state index contributed by atoms with van der Waals surface area (Å²) in [5.74, 6) is -2.73. The van der Waals surface area contributed by atoms with E-state index in [9.17, 15) is 39.3 Å². The van der Waals surface area contributed by atoms with Crippen molar-refractivity contribution in [2.45, 2.75) is 82.4 Å². The zero-order valence-corrected chi connectivity index (χ0v) is 18.5. The van der Waals surface area contributed by atoms with Gasteiger partial charge >= 0.3 is 0 Å². The van der Waals surface area contributed by atoms with Crippen molar-refractivity contribution in [1.29, 1.82) is 0 Å². The van der Waals surface area contributed by atoms with Crippen molar-refractivity contribution in [2.75, 3.05) is 6.61 Å². The van der Waals surface area contributed by atoms with Gasteiger partial charge in [-0.2, -0.15) is 0 Å². The molecule has 1 aliphatic rings. The molecule has 8 N–H and O–H groups in total. The van der Waals surface area contributed by atoms with Crippen molar-refractivity contribution in [3.63, 3.8) is 0 Å². The molecule has 0 spiro atoms. The number of hydrogen-bond donors (Lipinski definition) is 7. The lowest BCUT2D eigenvalue weighted by Gasteiger charge is -2.43. The van der Waals surface area contributed by atoms with Gasteiger partial charge in [-0.15, -0.1) is 0 Å². The van der Waals surface area contributed by atoms with Crippen LogP contribution in [0.5, 0.6) is 0 Å². The number of nitrogens with one attached hydrogen (secondary N) is 3. The number of aliphatic hydroxyl groups is 3. The zero-order chi connectivity index (χ0) is 25.3. The largest absolute Gasteiger partial charge is 0.394 e. The fourth-order valence-corrected chi connectivity index (χ4v) is 3.07. The maximum atomic E-state index is 12.5. The molecule has 1 rings (SSSR count). The van der Waals surface area contributed by atoms with Gasteiger partial charge in [-0.1, -0.05) is 0 Å². The Hall–Kier alpha value is -2.65. The van der Waals surface area contributed by atoms with E-state index in [1.54, 1.807) is 6.29 Å². The van der Waals surface area contributed by atoms with Crippen molar-refractivity contribution in [2.24, 2.45) is 5.73 Å². The maximum absolute atomic E-state index is 12.5. The summed E-state index contributed by atoms with van der Waals surface area (Å²) < 4.78 is 10.6. The third kappa shape index (κ3) is 8.66. The van der Waals surface area contributed by atoms with E-state index in [-0.39, 0.29) is 12.8 Å². The zero-order valence-electron chi connectivity index (χ0n) is 18.5. The Bertz CT molecular complexity index is 721. The van der Waals surface area contributed by atoms with E-state index in [0.29, 0.717) is 0 Å². The molecule has 1 heterocycles. The molecule has 1 unspecified atom stereocenters. The fraction of sp³-hybridized carbons (Fsp3) is 0.737. The molecule has 14 heteroatoms. The Morgan fingerprint density at radius 2 is 1.79 bits per heavy atom. The Morgan fingerprint density at radius 1 is 1.15 bits per heavy atom. The highest BCUT2D eigenvalue weighted by Gasteiger charge is 2.46. The van der Waals surface area contributed by atoms with E-state index < -0.39 is 79.1 Å². The third-order valence-corrected chi connectivity index (χ3v) is 4.86. The van der Waals surface area contributed by atoms with Gasteiger partial charge < -0.3 is 46.5 Å². The van der Waals surface area contributed by atoms with Crippen LogP contribution < -0.4 is 21.7 Å². The number of nitrogens with two attached hydrogens (primary N) is 1. The van der Waals surface area contributed by atoms with E-state index in [4.69, 9.17) is 15.2 Å². The number of amides is 4. The monoisotopic (exact) mass is 475 g/mol. The SMILES string of the molecule is CC(=O)N[C@@H]1[C@@H](OC(C)C(=O)N[C@@H](C)C(=O)N[C@@H]([C]=O)CCC(N)=O)[C@H](O)[C@@H](CO)O[C@@H]1O. The highest BCUT2D eigenvalue weighted by Crippen LogP contribution is 2.23. The van der Waals surface area contributed by atoms with Crippen molar-refractivity contribution in [1.82, 2.24) is 16.0 Å². The van der Waals surface area contributed by atoms with E-state index in [2.05, 4.69) is 16.0 Å². The molecule has 0 aromatic heterocycles. The number of primary amides is 1. The summed E-state index contributed by atoms with van der Waals surface area (Å²) in [6.07, 6.45) is -5.59. The summed E-state index contributed by atoms with van der Waals surface area (Å²) in [6.45, 7) is 3.15. The van der Waals surface area contributed by atoms with Crippen molar-refractivity contribution < 1.29 is 48.8 Å². The number of carbonyl (C=O) groups excluding carboxylic acids is 5. The molecule has 1 aliphatic heterocycles. The average Bonchev–Trinajstić information content (AvgIpc) is 2.74. The van der Waals surface area contributed by atoms with E-state index in [0.717, 1.165) is 6.92 Å². The lowest BCUT2D eigenvalue weighted by atomic mass is 9.96. The van der Waals surface area contributed by atoms with Gasteiger partial charge in [-0.05, 0) is 20.3 Å². The van der Waals surface area contributed by atoms with Crippen LogP contribution in [-0.4, -0.2) is 101 Å². The van der Waals surface area contributed by atoms with Crippen LogP contribution in [0.2, 0.25) is 0 Å². The second kappa shape index (κ2) is 13.2. The molecule has 1 radical (unpaired) electrons. The minimum absolute atomic E-state index is 0.0503. The van der Waals surface area contributed by atoms with Gasteiger partial charge in [0.2, 0.25) is 29.9 Å². The summed E-state index contributed by atoms with van der Waals surface area (Å²) >= 11 is 0. The first-order valence-electron chi connectivity index (χ1n) is 10.2. The van der Waals surface area contributed by atoms with Crippen molar-refractivity contribution in [3.8, 4) is 0 Å². The predicted molar refractivity (Wildman–Crippen MR) is 110 cm³/mol. The van der Waals surface area contributed by atoms with Gasteiger partial charge in [0.15, 0.2) is 6.29 Å². The van der Waals surface area contributed by atoms with Crippen LogP contribution in [0.1, 0.15) is 33.6 Å². The summed E-state index contributed by atoms with van der Waals surface area (Å²) in [4.78, 5) is 57.9. The molecule has 33 heavy (non-hydrogen) atoms. The maximum Gasteiger partial charge on any atom is 0.249 e. The average molecular weight is 475 g/mol. The highest BCUT2D eigenvalue weighted by atomic mass is 16.6. The molecule has 1 fully saturated rings. The smallest absolute Gasteiger partial charge is 0.249 e. The van der Waals surface area contributed by atoms with Crippen LogP contribution in [0.4, 0.5) is 0 Å². The standard InChI is InChI=1S/C19H31N4O10/c1-8(17(29)23-11(6-24)4-5-13(20)27)21-18(30)9(2)32-16-14(22-10(3)26)19(31)33-12(7-25)15(16)28/h8-9,11-12,14-16,19,25,28,31H,4-5,7H2,1-3H3,(H2,20,27)(H,21,30)(H,22,26)(H,23,29)/t8-,9?,11+,12+,14+,15+,16+,19-/m0/s1. The Morgan fingerprint density at radius 3 is 2.30 bits per heavy atom. The molecule has 0 aliphatic carbocycles. The second-order valence-electron chi connectivity index (χ2n) is 7.62. The summed E-state index contributed by atoms with van der Waals surface area (Å²) in [5.41, 5.74) is 5.00. The number of carbonyl (C=O) groups is 4. The van der Waals surface area contributed by atoms with Crippen molar-refractivity contribution in [3.05, 3.63) is 0 Å². The van der Waals surface area contributed by atoms with Gasteiger partial charge in [-0.3, -0.25) is 24.0 Å². The number of rotatable bonds is 12. The van der Waals surface area contributed by atoms with Crippen molar-refractivity contribution >= 4 is 29.9 Å². The molecular formula is C19H31N4O10. The lowest BCUT2D eigenvalue weighted by Crippen LogP contribution is -2.65. The van der Waals surface area contributed by atoms with Gasteiger partial charge in [0.25, 0.3) is 0 Å². The van der Waals surface area contributed by atoms with Crippen LogP contribution in [0, 0.1) is 0 Å². The topological polar surface area (TPSA) is 227 Å². The molecule has 8 atom stereocenters. The Kier molecular flexibility index (Phi) is 11.3. The van der Waals surface area contributed by atoms with Gasteiger partial charge in [0, 0.05) is 13.3 Å². The quantitative estimate of drug-likeness (QED) is 0.144. The lowest BCUT2D eigenvalue weighted by molar-refractivity contribution is -0.266. The molecule has 1 saturated heterocycles. The van der Waals surface area contributed by atoms with E-state index in [1.807, 2.05) is 0 Å². The molecule has 0 saturated carbocycles. The first kappa shape index (κ1) is 28.4. The number of ether oxygens (including phenoxy) is 2. The molecule has 0 aromatic rings. The Labute approximate surface area is 190 Å².